The number of benzene rings is 2. The average Bonchev–Trinajstić information content (AvgIpc) is 3.55. The number of ether oxygens (including phenoxy) is 2. The average molecular weight is 522 g/mol. The number of hydrogen-bond acceptors (Lipinski definition) is 4. The highest BCUT2D eigenvalue weighted by Crippen LogP contribution is 2.48. The Labute approximate surface area is 193 Å². The molecule has 30 heavy (non-hydrogen) atoms. The second-order valence-electron chi connectivity index (χ2n) is 8.45. The van der Waals surface area contributed by atoms with Crippen LogP contribution in [0.3, 0.4) is 0 Å². The molecule has 1 N–H and O–H groups in total. The molecule has 1 aliphatic carbocycles. The fourth-order valence-electron chi connectivity index (χ4n) is 4.26. The number of carbonyl (C=O) groups excluding carboxylic acids is 1. The third kappa shape index (κ3) is 4.99. The zero-order chi connectivity index (χ0) is 22.0. The molecule has 4 nitrogen and oxygen atoms in total. The van der Waals surface area contributed by atoms with Crippen LogP contribution in [0.4, 0.5) is 0 Å². The second kappa shape index (κ2) is 9.69. The molecule has 2 aromatic carbocycles. The van der Waals surface area contributed by atoms with E-state index in [1.54, 1.807) is 0 Å². The number of hydrogen-bond donors (Lipinski definition) is 1. The van der Waals surface area contributed by atoms with E-state index in [4.69, 9.17) is 9.47 Å². The topological polar surface area (TPSA) is 55.8 Å². The number of aryl methyl sites for hydroxylation is 3. The van der Waals surface area contributed by atoms with E-state index in [-0.39, 0.29) is 24.4 Å². The van der Waals surface area contributed by atoms with Crippen LogP contribution >= 0.6 is 22.6 Å². The number of aliphatic hydroxyl groups is 1. The Balaban J connectivity index is 1.93. The molecule has 1 saturated carbocycles. The van der Waals surface area contributed by atoms with Crippen LogP contribution < -0.4 is 4.74 Å². The van der Waals surface area contributed by atoms with Gasteiger partial charge in [0.1, 0.15) is 11.9 Å². The third-order valence-electron chi connectivity index (χ3n) is 6.25. The molecular weight excluding hydrogens is 491 g/mol. The highest BCUT2D eigenvalue weighted by Gasteiger charge is 2.39. The summed E-state index contributed by atoms with van der Waals surface area (Å²) in [7, 11) is 1.45. The predicted octanol–water partition coefficient (Wildman–Crippen LogP) is 5.63. The largest absolute Gasteiger partial charge is 0.482 e. The fourth-order valence-corrected chi connectivity index (χ4v) is 4.72. The predicted molar refractivity (Wildman–Crippen MR) is 127 cm³/mol. The molecule has 0 aromatic heterocycles. The summed E-state index contributed by atoms with van der Waals surface area (Å²) in [6.45, 7) is 8.06. The van der Waals surface area contributed by atoms with Crippen molar-refractivity contribution in [3.63, 3.8) is 0 Å². The number of carbonyl (C=O) groups is 1. The van der Waals surface area contributed by atoms with Gasteiger partial charge in [-0.1, -0.05) is 25.1 Å². The van der Waals surface area contributed by atoms with Crippen molar-refractivity contribution in [3.05, 3.63) is 61.7 Å². The number of halogens is 1. The van der Waals surface area contributed by atoms with Crippen LogP contribution in [-0.2, 0) is 9.53 Å². The first-order chi connectivity index (χ1) is 14.3. The molecule has 0 aliphatic heterocycles. The first kappa shape index (κ1) is 23.1. The van der Waals surface area contributed by atoms with E-state index >= 15 is 0 Å². The molecule has 3 rings (SSSR count). The van der Waals surface area contributed by atoms with Crippen molar-refractivity contribution in [2.24, 2.45) is 11.8 Å². The van der Waals surface area contributed by atoms with E-state index in [1.165, 1.54) is 18.2 Å². The molecule has 5 heteroatoms. The van der Waals surface area contributed by atoms with Gasteiger partial charge in [-0.25, -0.2) is 0 Å². The van der Waals surface area contributed by atoms with E-state index in [0.717, 1.165) is 38.9 Å². The summed E-state index contributed by atoms with van der Waals surface area (Å²) in [4.78, 5) is 12.2. The first-order valence-electron chi connectivity index (χ1n) is 10.5. The summed E-state index contributed by atoms with van der Waals surface area (Å²) in [6.07, 6.45) is 1.83. The van der Waals surface area contributed by atoms with Crippen molar-refractivity contribution in [2.75, 3.05) is 13.7 Å². The Morgan fingerprint density at radius 2 is 1.80 bits per heavy atom. The minimum Gasteiger partial charge on any atom is -0.482 e. The van der Waals surface area contributed by atoms with Gasteiger partial charge in [-0.3, -0.25) is 4.79 Å². The Morgan fingerprint density at radius 3 is 2.40 bits per heavy atom. The van der Waals surface area contributed by atoms with Crippen LogP contribution in [0.1, 0.15) is 59.6 Å². The van der Waals surface area contributed by atoms with Gasteiger partial charge in [0.15, 0.2) is 0 Å². The Hall–Kier alpha value is -1.60. The lowest BCUT2D eigenvalue weighted by Crippen LogP contribution is -2.22. The molecule has 0 amide bonds. The molecule has 2 aromatic rings. The zero-order valence-electron chi connectivity index (χ0n) is 18.4. The number of rotatable bonds is 8. The Morgan fingerprint density at radius 1 is 1.13 bits per heavy atom. The summed E-state index contributed by atoms with van der Waals surface area (Å²) in [6, 6.07) is 10.4. The maximum absolute atomic E-state index is 12.2. The summed E-state index contributed by atoms with van der Waals surface area (Å²) < 4.78 is 12.3. The molecule has 0 spiro atoms. The minimum atomic E-state index is -0.439. The van der Waals surface area contributed by atoms with Gasteiger partial charge in [0.05, 0.1) is 23.2 Å². The van der Waals surface area contributed by atoms with Crippen LogP contribution in [0.25, 0.3) is 0 Å². The number of methoxy groups -OCH3 is 1. The van der Waals surface area contributed by atoms with Gasteiger partial charge in [-0.05, 0) is 108 Å². The molecule has 0 radical (unpaired) electrons. The van der Waals surface area contributed by atoms with Crippen LogP contribution in [-0.4, -0.2) is 24.8 Å². The van der Waals surface area contributed by atoms with E-state index in [2.05, 4.69) is 61.6 Å². The lowest BCUT2D eigenvalue weighted by molar-refractivity contribution is -0.145. The Kier molecular flexibility index (Phi) is 7.45. The molecule has 0 heterocycles. The molecule has 0 bridgehead atoms. The van der Waals surface area contributed by atoms with Crippen LogP contribution in [0.2, 0.25) is 0 Å². The summed E-state index contributed by atoms with van der Waals surface area (Å²) in [5.74, 6) is 0.987. The van der Waals surface area contributed by atoms with Gasteiger partial charge in [-0.2, -0.15) is 0 Å². The first-order valence-corrected chi connectivity index (χ1v) is 11.6. The van der Waals surface area contributed by atoms with Gasteiger partial charge in [0, 0.05) is 0 Å². The smallest absolute Gasteiger partial charge is 0.309 e. The third-order valence-corrected chi connectivity index (χ3v) is 7.14. The molecular formula is C25H31IO4. The highest BCUT2D eigenvalue weighted by molar-refractivity contribution is 14.1. The van der Waals surface area contributed by atoms with Crippen molar-refractivity contribution in [2.45, 2.75) is 52.6 Å². The van der Waals surface area contributed by atoms with Gasteiger partial charge in [0.2, 0.25) is 0 Å². The molecule has 3 atom stereocenters. The number of aliphatic hydroxyl groups excluding tert-OH is 1. The number of esters is 1. The maximum Gasteiger partial charge on any atom is 0.309 e. The van der Waals surface area contributed by atoms with Crippen molar-refractivity contribution < 1.29 is 19.4 Å². The molecule has 0 saturated heterocycles. The lowest BCUT2D eigenvalue weighted by atomic mass is 9.83. The zero-order valence-corrected chi connectivity index (χ0v) is 20.5. The van der Waals surface area contributed by atoms with E-state index < -0.39 is 6.10 Å². The monoisotopic (exact) mass is 522 g/mol. The second-order valence-corrected chi connectivity index (χ2v) is 9.61. The minimum absolute atomic E-state index is 0.103. The Bertz CT molecular complexity index is 920. The fraction of sp³-hybridized carbons (Fsp3) is 0.480. The van der Waals surface area contributed by atoms with Crippen molar-refractivity contribution >= 4 is 28.6 Å². The van der Waals surface area contributed by atoms with Crippen LogP contribution in [0, 0.1) is 36.2 Å². The summed E-state index contributed by atoms with van der Waals surface area (Å²) >= 11 is 2.26. The quantitative estimate of drug-likeness (QED) is 0.361. The molecule has 1 aliphatic rings. The maximum atomic E-state index is 12.2. The van der Waals surface area contributed by atoms with Crippen LogP contribution in [0.15, 0.2) is 30.3 Å². The van der Waals surface area contributed by atoms with Crippen molar-refractivity contribution in [1.82, 2.24) is 0 Å². The van der Waals surface area contributed by atoms with E-state index in [0.29, 0.717) is 5.92 Å². The van der Waals surface area contributed by atoms with Crippen molar-refractivity contribution in [1.29, 1.82) is 0 Å². The van der Waals surface area contributed by atoms with Gasteiger partial charge < -0.3 is 14.6 Å². The van der Waals surface area contributed by atoms with Crippen LogP contribution in [0.5, 0.6) is 5.75 Å². The highest BCUT2D eigenvalue weighted by atomic mass is 127. The molecule has 162 valence electrons. The molecule has 1 unspecified atom stereocenters. The van der Waals surface area contributed by atoms with Crippen molar-refractivity contribution in [3.8, 4) is 5.75 Å². The van der Waals surface area contributed by atoms with Gasteiger partial charge >= 0.3 is 5.97 Å². The van der Waals surface area contributed by atoms with Gasteiger partial charge in [-0.15, -0.1) is 0 Å². The van der Waals surface area contributed by atoms with E-state index in [1.807, 2.05) is 19.1 Å². The summed E-state index contributed by atoms with van der Waals surface area (Å²) in [5, 5.41) is 10.1. The van der Waals surface area contributed by atoms with Gasteiger partial charge in [0.25, 0.3) is 0 Å². The molecule has 1 fully saturated rings. The standard InChI is InChI=1S/C25H31IO4/c1-14-10-16(3)20(11-15(14)2)23(13-27)30-22-12-19(8-9-21(22)26)24(18-6-7-18)17(4)25(28)29-5/h8-12,17-18,23-24,27H,6-7,13H2,1-5H3/t17-,23?,24-/m0/s1. The summed E-state index contributed by atoms with van der Waals surface area (Å²) in [5.41, 5.74) is 5.62. The SMILES string of the molecule is COC(=O)[C@@H](C)[C@H](c1ccc(I)c(OC(CO)c2cc(C)c(C)cc2C)c1)C1CC1. The lowest BCUT2D eigenvalue weighted by Gasteiger charge is -2.25. The normalized spacial score (nSPS) is 16.6. The van der Waals surface area contributed by atoms with E-state index in [9.17, 15) is 9.90 Å².